The minimum atomic E-state index is -1.37. The number of carbonyl (C=O) groups is 3. The minimum absolute atomic E-state index is 0.0637. The summed E-state index contributed by atoms with van der Waals surface area (Å²) in [6.07, 6.45) is 0.0637. The molecule has 8 nitrogen and oxygen atoms in total. The number of benzene rings is 1. The Labute approximate surface area is 143 Å². The number of aliphatic carboxylic acids is 2. The van der Waals surface area contributed by atoms with Crippen LogP contribution in [-0.2, 0) is 14.4 Å². The molecule has 1 saturated heterocycles. The molecule has 25 heavy (non-hydrogen) atoms. The second-order valence-electron chi connectivity index (χ2n) is 6.39. The van der Waals surface area contributed by atoms with Crippen molar-refractivity contribution in [2.24, 2.45) is 10.8 Å². The van der Waals surface area contributed by atoms with Gasteiger partial charge in [0.05, 0.1) is 6.61 Å². The van der Waals surface area contributed by atoms with Gasteiger partial charge in [-0.25, -0.2) is 0 Å². The lowest BCUT2D eigenvalue weighted by molar-refractivity contribution is -0.151. The predicted molar refractivity (Wildman–Crippen MR) is 84.4 cm³/mol. The van der Waals surface area contributed by atoms with E-state index in [1.807, 2.05) is 6.92 Å². The van der Waals surface area contributed by atoms with E-state index in [-0.39, 0.29) is 26.1 Å². The van der Waals surface area contributed by atoms with Gasteiger partial charge in [0, 0.05) is 13.1 Å². The topological polar surface area (TPSA) is 113 Å². The third-order valence-corrected chi connectivity index (χ3v) is 4.98. The van der Waals surface area contributed by atoms with Crippen molar-refractivity contribution < 1.29 is 34.1 Å². The molecule has 1 aliphatic carbocycles. The lowest BCUT2D eigenvalue weighted by atomic mass is 9.97. The zero-order valence-electron chi connectivity index (χ0n) is 13.7. The molecule has 2 aliphatic rings. The van der Waals surface area contributed by atoms with E-state index < -0.39 is 28.7 Å². The van der Waals surface area contributed by atoms with Crippen molar-refractivity contribution in [1.29, 1.82) is 0 Å². The standard InChI is InChI=1S/C17H19NO7/c1-2-24-11-3-5-12(6-4-11)25-7-13(19)18-9-16(14(20)21)8-17(16,10-18)15(22)23/h3-6H,2,7-10H2,1H3,(H,20,21)(H,22,23)/t16-,17+. The molecule has 1 saturated carbocycles. The maximum atomic E-state index is 12.3. The molecule has 0 spiro atoms. The molecule has 1 amide bonds. The Bertz CT molecular complexity index is 688. The maximum Gasteiger partial charge on any atom is 0.312 e. The highest BCUT2D eigenvalue weighted by Crippen LogP contribution is 2.68. The van der Waals surface area contributed by atoms with Crippen LogP contribution in [0.25, 0.3) is 0 Å². The first kappa shape index (κ1) is 17.1. The van der Waals surface area contributed by atoms with Gasteiger partial charge in [0.2, 0.25) is 0 Å². The summed E-state index contributed by atoms with van der Waals surface area (Å²) in [5, 5.41) is 18.7. The Morgan fingerprint density at radius 1 is 1.00 bits per heavy atom. The molecule has 8 heteroatoms. The summed E-state index contributed by atoms with van der Waals surface area (Å²) in [5.41, 5.74) is -2.73. The first-order valence-electron chi connectivity index (χ1n) is 7.95. The minimum Gasteiger partial charge on any atom is -0.494 e. The summed E-state index contributed by atoms with van der Waals surface area (Å²) >= 11 is 0. The van der Waals surface area contributed by atoms with Crippen LogP contribution >= 0.6 is 0 Å². The fourth-order valence-corrected chi connectivity index (χ4v) is 3.50. The Hall–Kier alpha value is -2.77. The van der Waals surface area contributed by atoms with E-state index >= 15 is 0 Å². The second-order valence-corrected chi connectivity index (χ2v) is 6.39. The summed E-state index contributed by atoms with van der Waals surface area (Å²) in [6.45, 7) is 1.95. The van der Waals surface area contributed by atoms with Crippen molar-refractivity contribution in [2.45, 2.75) is 13.3 Å². The SMILES string of the molecule is CCOc1ccc(OCC(=O)N2C[C@@]3(C(=O)O)C[C@@]3(C(=O)O)C2)cc1. The fourth-order valence-electron chi connectivity index (χ4n) is 3.50. The number of piperidine rings is 1. The highest BCUT2D eigenvalue weighted by atomic mass is 16.5. The average Bonchev–Trinajstić information content (AvgIpc) is 3.12. The normalized spacial score (nSPS) is 26.7. The number of fused-ring (bicyclic) bond motifs is 1. The number of likely N-dealkylation sites (tertiary alicyclic amines) is 1. The van der Waals surface area contributed by atoms with Crippen LogP contribution in [0.15, 0.2) is 24.3 Å². The number of ether oxygens (including phenoxy) is 2. The van der Waals surface area contributed by atoms with Crippen LogP contribution in [0.1, 0.15) is 13.3 Å². The van der Waals surface area contributed by atoms with Gasteiger partial charge >= 0.3 is 11.9 Å². The number of hydrogen-bond acceptors (Lipinski definition) is 5. The molecule has 0 radical (unpaired) electrons. The van der Waals surface area contributed by atoms with Gasteiger partial charge in [0.15, 0.2) is 6.61 Å². The van der Waals surface area contributed by atoms with Gasteiger partial charge in [-0.3, -0.25) is 14.4 Å². The zero-order chi connectivity index (χ0) is 18.2. The van der Waals surface area contributed by atoms with E-state index in [0.717, 1.165) is 0 Å². The van der Waals surface area contributed by atoms with E-state index in [1.165, 1.54) is 4.90 Å². The van der Waals surface area contributed by atoms with Crippen molar-refractivity contribution in [3.8, 4) is 11.5 Å². The van der Waals surface area contributed by atoms with Crippen LogP contribution < -0.4 is 9.47 Å². The number of hydrogen-bond donors (Lipinski definition) is 2. The predicted octanol–water partition coefficient (Wildman–Crippen LogP) is 0.852. The number of amides is 1. The number of nitrogens with zero attached hydrogens (tertiary/aromatic N) is 1. The maximum absolute atomic E-state index is 12.3. The Morgan fingerprint density at radius 3 is 1.92 bits per heavy atom. The Morgan fingerprint density at radius 2 is 1.48 bits per heavy atom. The molecule has 0 bridgehead atoms. The third kappa shape index (κ3) is 2.67. The van der Waals surface area contributed by atoms with Crippen molar-refractivity contribution in [2.75, 3.05) is 26.3 Å². The van der Waals surface area contributed by atoms with Gasteiger partial charge in [-0.05, 0) is 37.6 Å². The molecule has 0 aromatic heterocycles. The monoisotopic (exact) mass is 349 g/mol. The molecule has 2 atom stereocenters. The van der Waals surface area contributed by atoms with Crippen LogP contribution in [0.4, 0.5) is 0 Å². The lowest BCUT2D eigenvalue weighted by Crippen LogP contribution is -2.37. The van der Waals surface area contributed by atoms with E-state index in [0.29, 0.717) is 18.1 Å². The smallest absolute Gasteiger partial charge is 0.312 e. The first-order chi connectivity index (χ1) is 11.8. The van der Waals surface area contributed by atoms with Crippen LogP contribution in [0.2, 0.25) is 0 Å². The van der Waals surface area contributed by atoms with Gasteiger partial charge in [-0.2, -0.15) is 0 Å². The van der Waals surface area contributed by atoms with Crippen LogP contribution in [0.5, 0.6) is 11.5 Å². The highest BCUT2D eigenvalue weighted by molar-refractivity contribution is 5.96. The molecule has 0 unspecified atom stereocenters. The van der Waals surface area contributed by atoms with Gasteiger partial charge in [0.25, 0.3) is 5.91 Å². The molecular weight excluding hydrogens is 330 g/mol. The quantitative estimate of drug-likeness (QED) is 0.750. The second kappa shape index (κ2) is 5.94. The molecule has 1 aromatic carbocycles. The summed E-state index contributed by atoms with van der Waals surface area (Å²) in [6, 6.07) is 6.76. The van der Waals surface area contributed by atoms with Crippen molar-refractivity contribution >= 4 is 17.8 Å². The van der Waals surface area contributed by atoms with E-state index in [9.17, 15) is 24.6 Å². The molecule has 1 heterocycles. The van der Waals surface area contributed by atoms with Crippen LogP contribution in [-0.4, -0.2) is 59.3 Å². The van der Waals surface area contributed by atoms with Crippen LogP contribution in [0, 0.1) is 10.8 Å². The summed E-state index contributed by atoms with van der Waals surface area (Å²) in [7, 11) is 0. The number of carboxylic acid groups (broad SMARTS) is 2. The largest absolute Gasteiger partial charge is 0.494 e. The molecule has 1 aromatic rings. The first-order valence-corrected chi connectivity index (χ1v) is 7.95. The summed E-state index contributed by atoms with van der Waals surface area (Å²) in [4.78, 5) is 36.5. The molecule has 3 rings (SSSR count). The lowest BCUT2D eigenvalue weighted by Gasteiger charge is -2.20. The number of rotatable bonds is 7. The number of carboxylic acids is 2. The Balaban J connectivity index is 1.60. The van der Waals surface area contributed by atoms with Gasteiger partial charge in [-0.1, -0.05) is 0 Å². The average molecular weight is 349 g/mol. The molecule has 2 fully saturated rings. The van der Waals surface area contributed by atoms with Crippen molar-refractivity contribution in [1.82, 2.24) is 4.90 Å². The number of carbonyl (C=O) groups excluding carboxylic acids is 1. The van der Waals surface area contributed by atoms with Gasteiger partial charge < -0.3 is 24.6 Å². The van der Waals surface area contributed by atoms with Gasteiger partial charge in [-0.15, -0.1) is 0 Å². The van der Waals surface area contributed by atoms with E-state index in [2.05, 4.69) is 0 Å². The van der Waals surface area contributed by atoms with Crippen molar-refractivity contribution in [3.05, 3.63) is 24.3 Å². The highest BCUT2D eigenvalue weighted by Gasteiger charge is 2.81. The molecular formula is C17H19NO7. The van der Waals surface area contributed by atoms with Crippen LogP contribution in [0.3, 0.4) is 0 Å². The Kier molecular flexibility index (Phi) is 4.06. The molecule has 1 aliphatic heterocycles. The van der Waals surface area contributed by atoms with Gasteiger partial charge in [0.1, 0.15) is 22.3 Å². The van der Waals surface area contributed by atoms with E-state index in [4.69, 9.17) is 9.47 Å². The fraction of sp³-hybridized carbons (Fsp3) is 0.471. The summed E-state index contributed by atoms with van der Waals surface area (Å²) in [5.74, 6) is -1.60. The molecule has 2 N–H and O–H groups in total. The third-order valence-electron chi connectivity index (χ3n) is 4.98. The molecule has 134 valence electrons. The van der Waals surface area contributed by atoms with Crippen molar-refractivity contribution in [3.63, 3.8) is 0 Å². The van der Waals surface area contributed by atoms with E-state index in [1.54, 1.807) is 24.3 Å². The summed E-state index contributed by atoms with van der Waals surface area (Å²) < 4.78 is 10.7. The zero-order valence-corrected chi connectivity index (χ0v) is 13.7.